The SMILES string of the molecule is CSCC(CSC(=O)c1ccccc1)=C(C)C(=O)O. The maximum Gasteiger partial charge on any atom is 0.331 e. The summed E-state index contributed by atoms with van der Waals surface area (Å²) in [6, 6.07) is 9.01. The second-order valence-corrected chi connectivity index (χ2v) is 5.72. The second-order valence-electron chi connectivity index (χ2n) is 3.91. The van der Waals surface area contributed by atoms with E-state index in [0.29, 0.717) is 22.6 Å². The molecule has 3 nitrogen and oxygen atoms in total. The summed E-state index contributed by atoms with van der Waals surface area (Å²) in [6.07, 6.45) is 1.92. The molecule has 0 amide bonds. The summed E-state index contributed by atoms with van der Waals surface area (Å²) in [6.45, 7) is 1.58. The highest BCUT2D eigenvalue weighted by Gasteiger charge is 2.12. The predicted octanol–water partition coefficient (Wildman–Crippen LogP) is 3.32. The Hall–Kier alpha value is -1.20. The number of hydrogen-bond acceptors (Lipinski definition) is 4. The Morgan fingerprint density at radius 2 is 1.79 bits per heavy atom. The minimum absolute atomic E-state index is 0.0302. The molecule has 0 saturated carbocycles. The van der Waals surface area contributed by atoms with Gasteiger partial charge in [-0.05, 0) is 18.8 Å². The molecule has 0 saturated heterocycles. The predicted molar refractivity (Wildman–Crippen MR) is 81.9 cm³/mol. The third kappa shape index (κ3) is 5.12. The quantitative estimate of drug-likeness (QED) is 0.816. The lowest BCUT2D eigenvalue weighted by molar-refractivity contribution is -0.132. The van der Waals surface area contributed by atoms with E-state index in [4.69, 9.17) is 5.11 Å². The zero-order valence-electron chi connectivity index (χ0n) is 10.9. The molecule has 0 unspecified atom stereocenters. The van der Waals surface area contributed by atoms with Gasteiger partial charge < -0.3 is 5.11 Å². The van der Waals surface area contributed by atoms with Crippen LogP contribution >= 0.6 is 23.5 Å². The average Bonchev–Trinajstić information content (AvgIpc) is 2.43. The Labute approximate surface area is 121 Å². The number of carbonyl (C=O) groups excluding carboxylic acids is 1. The molecule has 0 heterocycles. The normalized spacial score (nSPS) is 11.9. The lowest BCUT2D eigenvalue weighted by Crippen LogP contribution is -2.06. The molecule has 19 heavy (non-hydrogen) atoms. The summed E-state index contributed by atoms with van der Waals surface area (Å²) in [5.41, 5.74) is 1.78. The Morgan fingerprint density at radius 1 is 1.16 bits per heavy atom. The van der Waals surface area contributed by atoms with Crippen LogP contribution in [0.3, 0.4) is 0 Å². The third-order valence-corrected chi connectivity index (χ3v) is 4.18. The molecule has 1 rings (SSSR count). The minimum Gasteiger partial charge on any atom is -0.478 e. The minimum atomic E-state index is -0.920. The van der Waals surface area contributed by atoms with E-state index in [1.807, 2.05) is 24.5 Å². The van der Waals surface area contributed by atoms with Gasteiger partial charge in [0.25, 0.3) is 0 Å². The van der Waals surface area contributed by atoms with Crippen LogP contribution in [0.1, 0.15) is 17.3 Å². The number of thioether (sulfide) groups is 2. The van der Waals surface area contributed by atoms with Crippen LogP contribution in [0.25, 0.3) is 0 Å². The Balaban J connectivity index is 2.70. The number of benzene rings is 1. The summed E-state index contributed by atoms with van der Waals surface area (Å²) < 4.78 is 0. The first kappa shape index (κ1) is 15.9. The third-order valence-electron chi connectivity index (χ3n) is 2.56. The van der Waals surface area contributed by atoms with E-state index in [0.717, 1.165) is 17.3 Å². The summed E-state index contributed by atoms with van der Waals surface area (Å²) in [5.74, 6) is 0.136. The van der Waals surface area contributed by atoms with E-state index >= 15 is 0 Å². The summed E-state index contributed by atoms with van der Waals surface area (Å²) in [7, 11) is 0. The number of carbonyl (C=O) groups is 2. The lowest BCUT2D eigenvalue weighted by Gasteiger charge is -2.08. The number of aliphatic carboxylic acids is 1. The number of carboxylic acid groups (broad SMARTS) is 1. The van der Waals surface area contributed by atoms with Crippen molar-refractivity contribution in [1.29, 1.82) is 0 Å². The molecule has 102 valence electrons. The molecule has 0 aliphatic rings. The number of rotatable bonds is 6. The Kier molecular flexibility index (Phi) is 6.73. The van der Waals surface area contributed by atoms with Crippen LogP contribution in [0, 0.1) is 0 Å². The van der Waals surface area contributed by atoms with Gasteiger partial charge in [0.1, 0.15) is 0 Å². The summed E-state index contributed by atoms with van der Waals surface area (Å²) >= 11 is 2.71. The smallest absolute Gasteiger partial charge is 0.331 e. The monoisotopic (exact) mass is 296 g/mol. The molecule has 1 aromatic rings. The molecule has 0 spiro atoms. The van der Waals surface area contributed by atoms with Crippen LogP contribution in [0.15, 0.2) is 41.5 Å². The van der Waals surface area contributed by atoms with E-state index in [-0.39, 0.29) is 5.12 Å². The van der Waals surface area contributed by atoms with Crippen LogP contribution in [-0.4, -0.2) is 34.0 Å². The molecule has 0 aromatic heterocycles. The fourth-order valence-corrected chi connectivity index (χ4v) is 3.12. The van der Waals surface area contributed by atoms with Crippen molar-refractivity contribution in [2.45, 2.75) is 6.92 Å². The first-order valence-electron chi connectivity index (χ1n) is 5.69. The van der Waals surface area contributed by atoms with Gasteiger partial charge in [0, 0.05) is 22.6 Å². The van der Waals surface area contributed by atoms with Crippen molar-refractivity contribution in [3.05, 3.63) is 47.0 Å². The van der Waals surface area contributed by atoms with Crippen LogP contribution in [0.5, 0.6) is 0 Å². The van der Waals surface area contributed by atoms with Crippen LogP contribution in [-0.2, 0) is 4.79 Å². The van der Waals surface area contributed by atoms with Crippen LogP contribution < -0.4 is 0 Å². The van der Waals surface area contributed by atoms with Crippen molar-refractivity contribution in [2.75, 3.05) is 17.8 Å². The van der Waals surface area contributed by atoms with Crippen LogP contribution in [0.2, 0.25) is 0 Å². The van der Waals surface area contributed by atoms with Gasteiger partial charge in [-0.2, -0.15) is 11.8 Å². The fourth-order valence-electron chi connectivity index (χ4n) is 1.39. The van der Waals surface area contributed by atoms with Gasteiger partial charge in [-0.15, -0.1) is 0 Å². The van der Waals surface area contributed by atoms with Gasteiger partial charge in [0.15, 0.2) is 0 Å². The highest BCUT2D eigenvalue weighted by atomic mass is 32.2. The molecular formula is C14H16O3S2. The molecule has 1 N–H and O–H groups in total. The molecule has 0 atom stereocenters. The highest BCUT2D eigenvalue weighted by molar-refractivity contribution is 8.14. The fraction of sp³-hybridized carbons (Fsp3) is 0.286. The van der Waals surface area contributed by atoms with Crippen molar-refractivity contribution in [2.24, 2.45) is 0 Å². The molecular weight excluding hydrogens is 280 g/mol. The van der Waals surface area contributed by atoms with Crippen LogP contribution in [0.4, 0.5) is 0 Å². The van der Waals surface area contributed by atoms with Crippen molar-refractivity contribution in [3.8, 4) is 0 Å². The van der Waals surface area contributed by atoms with Gasteiger partial charge >= 0.3 is 5.97 Å². The van der Waals surface area contributed by atoms with Gasteiger partial charge in [-0.3, -0.25) is 4.79 Å². The number of hydrogen-bond donors (Lipinski definition) is 1. The van der Waals surface area contributed by atoms with E-state index < -0.39 is 5.97 Å². The molecule has 0 radical (unpaired) electrons. The van der Waals surface area contributed by atoms with Crippen molar-refractivity contribution in [1.82, 2.24) is 0 Å². The van der Waals surface area contributed by atoms with E-state index in [1.54, 1.807) is 30.8 Å². The lowest BCUT2D eigenvalue weighted by atomic mass is 10.2. The first-order chi connectivity index (χ1) is 9.06. The van der Waals surface area contributed by atoms with E-state index in [1.165, 1.54) is 0 Å². The molecule has 0 fully saturated rings. The summed E-state index contributed by atoms with van der Waals surface area (Å²) in [4.78, 5) is 22.9. The highest BCUT2D eigenvalue weighted by Crippen LogP contribution is 2.20. The topological polar surface area (TPSA) is 54.4 Å². The van der Waals surface area contributed by atoms with Crippen molar-refractivity contribution in [3.63, 3.8) is 0 Å². The average molecular weight is 296 g/mol. The summed E-state index contributed by atoms with van der Waals surface area (Å²) in [5, 5.41) is 8.97. The van der Waals surface area contributed by atoms with E-state index in [2.05, 4.69) is 0 Å². The van der Waals surface area contributed by atoms with Gasteiger partial charge in [-0.1, -0.05) is 42.1 Å². The first-order valence-corrected chi connectivity index (χ1v) is 8.07. The maximum atomic E-state index is 11.9. The molecule has 1 aromatic carbocycles. The van der Waals surface area contributed by atoms with Crippen molar-refractivity contribution < 1.29 is 14.7 Å². The Morgan fingerprint density at radius 3 is 2.32 bits per heavy atom. The standard InChI is InChI=1S/C14H16O3S2/c1-10(13(15)16)12(8-18-2)9-19-14(17)11-6-4-3-5-7-11/h3-7H,8-9H2,1-2H3,(H,15,16). The number of carboxylic acids is 1. The molecule has 0 bridgehead atoms. The second kappa shape index (κ2) is 8.07. The molecule has 0 aliphatic heterocycles. The largest absolute Gasteiger partial charge is 0.478 e. The maximum absolute atomic E-state index is 11.9. The zero-order chi connectivity index (χ0) is 14.3. The van der Waals surface area contributed by atoms with Gasteiger partial charge in [0.2, 0.25) is 5.12 Å². The zero-order valence-corrected chi connectivity index (χ0v) is 12.5. The van der Waals surface area contributed by atoms with Gasteiger partial charge in [-0.25, -0.2) is 4.79 Å². The molecule has 5 heteroatoms. The van der Waals surface area contributed by atoms with Crippen molar-refractivity contribution >= 4 is 34.6 Å². The van der Waals surface area contributed by atoms with Gasteiger partial charge in [0.05, 0.1) is 0 Å². The van der Waals surface area contributed by atoms with E-state index in [9.17, 15) is 9.59 Å². The molecule has 0 aliphatic carbocycles. The Bertz CT molecular complexity index is 481.